The molecule has 0 nitrogen and oxygen atoms in total. The third-order valence-corrected chi connectivity index (χ3v) is 11.3. The summed E-state index contributed by atoms with van der Waals surface area (Å²) in [6.45, 7) is 7.19. The second-order valence-electron chi connectivity index (χ2n) is 6.19. The molecule has 1 aromatic carbocycles. The predicted octanol–water partition coefficient (Wildman–Crippen LogP) is 5.22. The summed E-state index contributed by atoms with van der Waals surface area (Å²) in [6, 6.07) is 11.1. The van der Waals surface area contributed by atoms with E-state index in [0.29, 0.717) is 15.9 Å². The Bertz CT molecular complexity index is 464. The first-order valence-electron chi connectivity index (χ1n) is 6.87. The first kappa shape index (κ1) is 12.8. The Balaban J connectivity index is 1.91. The van der Waals surface area contributed by atoms with E-state index in [1.807, 2.05) is 5.31 Å². The van der Waals surface area contributed by atoms with Gasteiger partial charge in [0.1, 0.15) is 11.5 Å². The molecule has 0 spiro atoms. The maximum Gasteiger partial charge on any atom is 0.184 e. The van der Waals surface area contributed by atoms with Crippen molar-refractivity contribution in [2.45, 2.75) is 33.6 Å². The van der Waals surface area contributed by atoms with Gasteiger partial charge < -0.3 is 0 Å². The van der Waals surface area contributed by atoms with Crippen LogP contribution >= 0.6 is 7.12 Å². The van der Waals surface area contributed by atoms with E-state index in [1.54, 1.807) is 5.31 Å². The lowest BCUT2D eigenvalue weighted by molar-refractivity contribution is 0.540. The summed E-state index contributed by atoms with van der Waals surface area (Å²) in [5.74, 6) is 3.00. The lowest BCUT2D eigenvalue weighted by atomic mass is 9.95. The molecule has 1 fully saturated rings. The number of hydrogen-bond acceptors (Lipinski definition) is 0. The molecule has 0 amide bonds. The van der Waals surface area contributed by atoms with Crippen molar-refractivity contribution < 1.29 is 0 Å². The lowest BCUT2D eigenvalue weighted by Gasteiger charge is -2.13. The van der Waals surface area contributed by atoms with Crippen molar-refractivity contribution in [2.24, 2.45) is 5.41 Å². The van der Waals surface area contributed by atoms with E-state index in [9.17, 15) is 0 Å². The number of allylic oxidation sites excluding steroid dienone is 1. The molecule has 0 saturated carbocycles. The van der Waals surface area contributed by atoms with Gasteiger partial charge in [-0.3, -0.25) is 0 Å². The normalized spacial score (nSPS) is 24.7. The molecule has 0 aromatic heterocycles. The van der Waals surface area contributed by atoms with Gasteiger partial charge in [0.05, 0.1) is 0 Å². The molecule has 1 aromatic rings. The van der Waals surface area contributed by atoms with Crippen LogP contribution in [0.2, 0.25) is 0 Å². The zero-order valence-corrected chi connectivity index (χ0v) is 13.3. The van der Waals surface area contributed by atoms with Crippen LogP contribution in [-0.4, -0.2) is 11.5 Å². The van der Waals surface area contributed by atoms with E-state index >= 15 is 0 Å². The van der Waals surface area contributed by atoms with Crippen LogP contribution in [-0.2, 0) is 10.5 Å². The highest BCUT2D eigenvalue weighted by atomic mass is 32.8. The van der Waals surface area contributed by atoms with Gasteiger partial charge in [-0.1, -0.05) is 51.1 Å². The summed E-state index contributed by atoms with van der Waals surface area (Å²) in [7, 11) is 0.834. The average molecular weight is 277 g/mol. The fourth-order valence-electron chi connectivity index (χ4n) is 2.74. The minimum atomic E-state index is 0.118. The fraction of sp³-hybridized carbons (Fsp3) is 0.500. The van der Waals surface area contributed by atoms with Crippen molar-refractivity contribution in [1.29, 1.82) is 0 Å². The minimum absolute atomic E-state index is 0.118. The smallest absolute Gasteiger partial charge is 0.0622 e. The summed E-state index contributed by atoms with van der Waals surface area (Å²) in [5, 5.41) is 3.57. The molecular formula is C16H22PS+. The molecule has 0 N–H and O–H groups in total. The highest BCUT2D eigenvalue weighted by Crippen LogP contribution is 2.83. The van der Waals surface area contributed by atoms with E-state index in [2.05, 4.69) is 51.1 Å². The van der Waals surface area contributed by atoms with Gasteiger partial charge in [0.25, 0.3) is 0 Å². The summed E-state index contributed by atoms with van der Waals surface area (Å²) < 4.78 is 0. The minimum Gasteiger partial charge on any atom is -0.0622 e. The molecule has 1 atom stereocenters. The van der Waals surface area contributed by atoms with E-state index < -0.39 is 0 Å². The van der Waals surface area contributed by atoms with Gasteiger partial charge >= 0.3 is 0 Å². The largest absolute Gasteiger partial charge is 0.184 e. The maximum atomic E-state index is 2.40. The standard InChI is InChI=1S/C16H22PS/c1-16(2,3)15-14(13-9-5-4-6-10-13)17(15)18-11-7-8-12-18/h4-6,9-10H,7-8,11-12H2,1-3H3/q+1. The van der Waals surface area contributed by atoms with Crippen molar-refractivity contribution in [1.82, 2.24) is 0 Å². The van der Waals surface area contributed by atoms with Gasteiger partial charge in [-0.2, -0.15) is 0 Å². The van der Waals surface area contributed by atoms with Gasteiger partial charge in [0.15, 0.2) is 7.12 Å². The van der Waals surface area contributed by atoms with Crippen molar-refractivity contribution in [3.63, 3.8) is 0 Å². The first-order chi connectivity index (χ1) is 8.59. The second-order valence-corrected chi connectivity index (χ2v) is 12.1. The summed E-state index contributed by atoms with van der Waals surface area (Å²) in [4.78, 5) is 0. The molecule has 18 heavy (non-hydrogen) atoms. The van der Waals surface area contributed by atoms with Gasteiger partial charge in [-0.05, 0) is 23.8 Å². The molecule has 0 radical (unpaired) electrons. The van der Waals surface area contributed by atoms with Gasteiger partial charge in [-0.25, -0.2) is 0 Å². The highest BCUT2D eigenvalue weighted by Gasteiger charge is 2.56. The van der Waals surface area contributed by atoms with Crippen molar-refractivity contribution in [2.75, 3.05) is 11.5 Å². The average Bonchev–Trinajstić information content (AvgIpc) is 2.88. The third-order valence-electron chi connectivity index (χ3n) is 3.61. The monoisotopic (exact) mass is 277 g/mol. The number of benzene rings is 1. The van der Waals surface area contributed by atoms with Crippen LogP contribution < -0.4 is 0 Å². The van der Waals surface area contributed by atoms with Gasteiger partial charge in [-0.15, -0.1) is 0 Å². The SMILES string of the molecule is CC(C)(C)C1=C(c2ccccc2)P1[S+]1CCCC1. The Morgan fingerprint density at radius 2 is 1.61 bits per heavy atom. The van der Waals surface area contributed by atoms with Gasteiger partial charge in [0, 0.05) is 21.1 Å². The summed E-state index contributed by atoms with van der Waals surface area (Å²) >= 11 is 0. The highest BCUT2D eigenvalue weighted by molar-refractivity contribution is 8.60. The van der Waals surface area contributed by atoms with Crippen molar-refractivity contribution in [3.8, 4) is 0 Å². The molecule has 1 saturated heterocycles. The quantitative estimate of drug-likeness (QED) is 0.513. The number of hydrogen-bond donors (Lipinski definition) is 0. The second kappa shape index (κ2) is 4.69. The molecule has 2 heteroatoms. The Hall–Kier alpha value is -0.260. The van der Waals surface area contributed by atoms with Crippen LogP contribution in [0, 0.1) is 5.41 Å². The van der Waals surface area contributed by atoms with Crippen LogP contribution in [0.5, 0.6) is 0 Å². The zero-order valence-electron chi connectivity index (χ0n) is 11.6. The van der Waals surface area contributed by atoms with E-state index in [-0.39, 0.29) is 7.12 Å². The molecule has 2 aliphatic rings. The Morgan fingerprint density at radius 3 is 2.17 bits per heavy atom. The van der Waals surface area contributed by atoms with Crippen LogP contribution in [0.1, 0.15) is 39.2 Å². The van der Waals surface area contributed by atoms with E-state index in [1.165, 1.54) is 29.9 Å². The van der Waals surface area contributed by atoms with E-state index in [4.69, 9.17) is 0 Å². The topological polar surface area (TPSA) is 0 Å². The molecule has 0 aliphatic carbocycles. The predicted molar refractivity (Wildman–Crippen MR) is 86.1 cm³/mol. The molecule has 2 aliphatic heterocycles. The molecule has 0 bridgehead atoms. The molecule has 3 rings (SSSR count). The Kier molecular flexibility index (Phi) is 3.32. The molecule has 1 unspecified atom stereocenters. The van der Waals surface area contributed by atoms with Crippen molar-refractivity contribution >= 4 is 23.0 Å². The Morgan fingerprint density at radius 1 is 1.00 bits per heavy atom. The van der Waals surface area contributed by atoms with Crippen molar-refractivity contribution in [3.05, 3.63) is 41.2 Å². The fourth-order valence-corrected chi connectivity index (χ4v) is 12.0. The molecular weight excluding hydrogens is 255 g/mol. The molecule has 2 heterocycles. The molecule has 96 valence electrons. The first-order valence-corrected chi connectivity index (χ1v) is 10.4. The van der Waals surface area contributed by atoms with Crippen LogP contribution in [0.3, 0.4) is 0 Å². The number of rotatable bonds is 2. The maximum absolute atomic E-state index is 2.40. The Labute approximate surface area is 115 Å². The van der Waals surface area contributed by atoms with Crippen LogP contribution in [0.4, 0.5) is 0 Å². The summed E-state index contributed by atoms with van der Waals surface area (Å²) in [6.07, 6.45) is 2.95. The summed E-state index contributed by atoms with van der Waals surface area (Å²) in [5.41, 5.74) is 1.89. The van der Waals surface area contributed by atoms with E-state index in [0.717, 1.165) is 0 Å². The van der Waals surface area contributed by atoms with Crippen LogP contribution in [0.25, 0.3) is 5.31 Å². The third kappa shape index (κ3) is 2.28. The van der Waals surface area contributed by atoms with Gasteiger partial charge in [0.2, 0.25) is 0 Å². The lowest BCUT2D eigenvalue weighted by Crippen LogP contribution is -2.03. The van der Waals surface area contributed by atoms with Crippen LogP contribution in [0.15, 0.2) is 35.6 Å². The zero-order chi connectivity index (χ0) is 12.8.